The Labute approximate surface area is 89.9 Å². The van der Waals surface area contributed by atoms with E-state index in [1.165, 1.54) is 6.07 Å². The van der Waals surface area contributed by atoms with E-state index in [0.29, 0.717) is 6.04 Å². The Morgan fingerprint density at radius 1 is 1.53 bits per heavy atom. The fourth-order valence-corrected chi connectivity index (χ4v) is 2.07. The Morgan fingerprint density at radius 2 is 2.33 bits per heavy atom. The van der Waals surface area contributed by atoms with Crippen molar-refractivity contribution in [2.24, 2.45) is 5.73 Å². The van der Waals surface area contributed by atoms with Crippen LogP contribution in [0.3, 0.4) is 0 Å². The summed E-state index contributed by atoms with van der Waals surface area (Å²) >= 11 is 0. The van der Waals surface area contributed by atoms with E-state index in [-0.39, 0.29) is 5.82 Å². The number of hydrogen-bond donors (Lipinski definition) is 1. The van der Waals surface area contributed by atoms with E-state index >= 15 is 0 Å². The highest BCUT2D eigenvalue weighted by Crippen LogP contribution is 2.17. The number of hydrogen-bond acceptors (Lipinski definition) is 2. The molecule has 2 N–H and O–H groups in total. The van der Waals surface area contributed by atoms with Gasteiger partial charge in [0.2, 0.25) is 0 Å². The molecule has 1 aliphatic rings. The lowest BCUT2D eigenvalue weighted by molar-refractivity contribution is 0.325. The van der Waals surface area contributed by atoms with Gasteiger partial charge in [0, 0.05) is 25.7 Å². The van der Waals surface area contributed by atoms with E-state index in [2.05, 4.69) is 4.90 Å². The first-order valence-corrected chi connectivity index (χ1v) is 5.39. The summed E-state index contributed by atoms with van der Waals surface area (Å²) in [5.74, 6) is -0.115. The minimum absolute atomic E-state index is 0.115. The first kappa shape index (κ1) is 10.6. The largest absolute Gasteiger partial charge is 0.326 e. The summed E-state index contributed by atoms with van der Waals surface area (Å²) in [6.45, 7) is 4.60. The molecule has 0 unspecified atom stereocenters. The first-order valence-electron chi connectivity index (χ1n) is 5.39. The average Bonchev–Trinajstić information content (AvgIpc) is 2.59. The Balaban J connectivity index is 2.07. The van der Waals surface area contributed by atoms with Gasteiger partial charge in [-0.1, -0.05) is 12.1 Å². The van der Waals surface area contributed by atoms with E-state index in [0.717, 1.165) is 37.2 Å². The summed E-state index contributed by atoms with van der Waals surface area (Å²) < 4.78 is 13.3. The van der Waals surface area contributed by atoms with Gasteiger partial charge in [-0.25, -0.2) is 4.39 Å². The van der Waals surface area contributed by atoms with Gasteiger partial charge in [-0.2, -0.15) is 0 Å². The lowest BCUT2D eigenvalue weighted by atomic mass is 10.1. The predicted octanol–water partition coefficient (Wildman–Crippen LogP) is 1.67. The maximum Gasteiger partial charge on any atom is 0.126 e. The minimum Gasteiger partial charge on any atom is -0.326 e. The highest BCUT2D eigenvalue weighted by molar-refractivity contribution is 5.27. The second-order valence-electron chi connectivity index (χ2n) is 4.31. The van der Waals surface area contributed by atoms with Gasteiger partial charge < -0.3 is 5.73 Å². The van der Waals surface area contributed by atoms with Gasteiger partial charge in [0.1, 0.15) is 5.82 Å². The van der Waals surface area contributed by atoms with Crippen molar-refractivity contribution >= 4 is 0 Å². The van der Waals surface area contributed by atoms with Gasteiger partial charge >= 0.3 is 0 Å². The third kappa shape index (κ3) is 2.36. The Kier molecular flexibility index (Phi) is 3.03. The molecule has 0 amide bonds. The molecule has 82 valence electrons. The molecule has 0 aliphatic carbocycles. The van der Waals surface area contributed by atoms with Crippen LogP contribution in [0, 0.1) is 12.7 Å². The minimum atomic E-state index is -0.115. The molecule has 0 radical (unpaired) electrons. The Hall–Kier alpha value is -0.930. The summed E-state index contributed by atoms with van der Waals surface area (Å²) in [6, 6.07) is 5.56. The molecule has 0 spiro atoms. The van der Waals surface area contributed by atoms with E-state index in [1.807, 2.05) is 13.0 Å². The van der Waals surface area contributed by atoms with Crippen LogP contribution in [0.4, 0.5) is 4.39 Å². The molecular formula is C12H17FN2. The fourth-order valence-electron chi connectivity index (χ4n) is 2.07. The molecular weight excluding hydrogens is 191 g/mol. The third-order valence-electron chi connectivity index (χ3n) is 3.08. The zero-order chi connectivity index (χ0) is 10.8. The van der Waals surface area contributed by atoms with Crippen molar-refractivity contribution in [2.45, 2.75) is 25.9 Å². The monoisotopic (exact) mass is 208 g/mol. The maximum atomic E-state index is 13.3. The molecule has 1 heterocycles. The Morgan fingerprint density at radius 3 is 3.00 bits per heavy atom. The van der Waals surface area contributed by atoms with E-state index in [9.17, 15) is 4.39 Å². The van der Waals surface area contributed by atoms with Gasteiger partial charge in [-0.3, -0.25) is 4.90 Å². The SMILES string of the molecule is Cc1c(F)cccc1CN1CC[C@@H](N)C1. The third-order valence-corrected chi connectivity index (χ3v) is 3.08. The number of rotatable bonds is 2. The molecule has 1 saturated heterocycles. The van der Waals surface area contributed by atoms with Crippen LogP contribution in [0.15, 0.2) is 18.2 Å². The van der Waals surface area contributed by atoms with E-state index in [4.69, 9.17) is 5.73 Å². The molecule has 1 fully saturated rings. The highest BCUT2D eigenvalue weighted by Gasteiger charge is 2.19. The van der Waals surface area contributed by atoms with Crippen LogP contribution in [-0.4, -0.2) is 24.0 Å². The van der Waals surface area contributed by atoms with Crippen LogP contribution >= 0.6 is 0 Å². The van der Waals surface area contributed by atoms with E-state index < -0.39 is 0 Å². The first-order chi connectivity index (χ1) is 7.16. The van der Waals surface area contributed by atoms with Gasteiger partial charge in [-0.05, 0) is 30.5 Å². The summed E-state index contributed by atoms with van der Waals surface area (Å²) in [6.07, 6.45) is 1.05. The van der Waals surface area contributed by atoms with Gasteiger partial charge in [0.25, 0.3) is 0 Å². The molecule has 2 rings (SSSR count). The second kappa shape index (κ2) is 4.29. The standard InChI is InChI=1S/C12H17FN2/c1-9-10(3-2-4-12(9)13)7-15-6-5-11(14)8-15/h2-4,11H,5-8,14H2,1H3/t11-/m1/s1. The van der Waals surface area contributed by atoms with Crippen molar-refractivity contribution in [2.75, 3.05) is 13.1 Å². The van der Waals surface area contributed by atoms with Crippen molar-refractivity contribution in [3.63, 3.8) is 0 Å². The normalized spacial score (nSPS) is 22.2. The van der Waals surface area contributed by atoms with Crippen molar-refractivity contribution in [1.82, 2.24) is 4.90 Å². The second-order valence-corrected chi connectivity index (χ2v) is 4.31. The average molecular weight is 208 g/mol. The molecule has 1 aromatic carbocycles. The number of nitrogens with zero attached hydrogens (tertiary/aromatic N) is 1. The summed E-state index contributed by atoms with van der Waals surface area (Å²) in [5.41, 5.74) is 7.67. The molecule has 15 heavy (non-hydrogen) atoms. The number of benzene rings is 1. The van der Waals surface area contributed by atoms with Crippen LogP contribution < -0.4 is 5.73 Å². The van der Waals surface area contributed by atoms with Crippen molar-refractivity contribution in [3.8, 4) is 0 Å². The number of halogens is 1. The summed E-state index contributed by atoms with van der Waals surface area (Å²) in [4.78, 5) is 2.28. The quantitative estimate of drug-likeness (QED) is 0.801. The van der Waals surface area contributed by atoms with Gasteiger partial charge in [0.05, 0.1) is 0 Å². The van der Waals surface area contributed by atoms with Crippen molar-refractivity contribution < 1.29 is 4.39 Å². The van der Waals surface area contributed by atoms with Crippen LogP contribution in [-0.2, 0) is 6.54 Å². The van der Waals surface area contributed by atoms with Gasteiger partial charge in [-0.15, -0.1) is 0 Å². The molecule has 2 nitrogen and oxygen atoms in total. The number of nitrogens with two attached hydrogens (primary N) is 1. The number of likely N-dealkylation sites (tertiary alicyclic amines) is 1. The van der Waals surface area contributed by atoms with Crippen LogP contribution in [0.1, 0.15) is 17.5 Å². The van der Waals surface area contributed by atoms with Crippen molar-refractivity contribution in [3.05, 3.63) is 35.1 Å². The van der Waals surface area contributed by atoms with Crippen LogP contribution in [0.25, 0.3) is 0 Å². The summed E-state index contributed by atoms with van der Waals surface area (Å²) in [7, 11) is 0. The lowest BCUT2D eigenvalue weighted by Gasteiger charge is -2.16. The highest BCUT2D eigenvalue weighted by atomic mass is 19.1. The maximum absolute atomic E-state index is 13.3. The van der Waals surface area contributed by atoms with E-state index in [1.54, 1.807) is 6.07 Å². The molecule has 1 aliphatic heterocycles. The molecule has 0 saturated carbocycles. The molecule has 0 aromatic heterocycles. The molecule has 1 atom stereocenters. The molecule has 3 heteroatoms. The van der Waals surface area contributed by atoms with Crippen molar-refractivity contribution in [1.29, 1.82) is 0 Å². The smallest absolute Gasteiger partial charge is 0.126 e. The van der Waals surface area contributed by atoms with Crippen LogP contribution in [0.5, 0.6) is 0 Å². The Bertz CT molecular complexity index is 351. The zero-order valence-electron chi connectivity index (χ0n) is 9.04. The lowest BCUT2D eigenvalue weighted by Crippen LogP contribution is -2.26. The van der Waals surface area contributed by atoms with Crippen LogP contribution in [0.2, 0.25) is 0 Å². The zero-order valence-corrected chi connectivity index (χ0v) is 9.04. The predicted molar refractivity (Wildman–Crippen MR) is 59.0 cm³/mol. The summed E-state index contributed by atoms with van der Waals surface area (Å²) in [5, 5.41) is 0. The fraction of sp³-hybridized carbons (Fsp3) is 0.500. The van der Waals surface area contributed by atoms with Gasteiger partial charge in [0.15, 0.2) is 0 Å². The molecule has 0 bridgehead atoms. The molecule has 1 aromatic rings. The topological polar surface area (TPSA) is 29.3 Å².